The molecule has 8 rings (SSSR count). The third-order valence-electron chi connectivity index (χ3n) is 20.4. The van der Waals surface area contributed by atoms with Crippen LogP contribution in [0.25, 0.3) is 0 Å². The molecule has 7 fully saturated rings. The summed E-state index contributed by atoms with van der Waals surface area (Å²) in [5.41, 5.74) is -1.88. The van der Waals surface area contributed by atoms with E-state index in [2.05, 4.69) is 47.6 Å². The number of hydrogen-bond acceptors (Lipinski definition) is 23. The molecule has 0 aromatic rings. The van der Waals surface area contributed by atoms with Crippen molar-refractivity contribution in [1.29, 1.82) is 0 Å². The highest BCUT2D eigenvalue weighted by Crippen LogP contribution is 2.75. The monoisotopic (exact) mass is 1090 g/mol. The number of fused-ring (bicyclic) bond motifs is 5. The Morgan fingerprint density at radius 3 is 1.64 bits per heavy atom. The molecule has 0 spiro atoms. The van der Waals surface area contributed by atoms with Crippen LogP contribution in [-0.2, 0) is 37.9 Å². The van der Waals surface area contributed by atoms with Crippen molar-refractivity contribution in [2.45, 2.75) is 247 Å². The van der Waals surface area contributed by atoms with Crippen LogP contribution in [-0.4, -0.2) is 244 Å². The highest BCUT2D eigenvalue weighted by molar-refractivity contribution is 5.32. The SMILES string of the molecule is C[C@H](CC[C@@H](O[C@@H]1OC[C@@H](O[C@H]2O[C@@H](CO)[C@H](O)[C@@H](O)[C@@H]2O)[C@H](O)[C@H]1O[C@H]1OC(CO)[C@H](O)[C@@H](O)[C@@H]1O)C(C)(C)O)C1CC[C@@]2(C)C3CC=C4C(CC[C@H](O[C@@H]5O[C@H](CO)[C@@H](O)[C@H](O)[C@H]5O)C4(C)C)[C@]3(C)[C@H](O)C[C@]12C. The number of aliphatic hydroxyl groups excluding tert-OH is 14. The third-order valence-corrected chi connectivity index (χ3v) is 20.4. The molecule has 29 atom stereocenters. The van der Waals surface area contributed by atoms with E-state index in [1.54, 1.807) is 13.8 Å². The van der Waals surface area contributed by atoms with Crippen LogP contribution >= 0.6 is 0 Å². The first-order chi connectivity index (χ1) is 35.5. The van der Waals surface area contributed by atoms with Gasteiger partial charge >= 0.3 is 0 Å². The molecule has 8 aliphatic rings. The summed E-state index contributed by atoms with van der Waals surface area (Å²) >= 11 is 0. The fourth-order valence-electron chi connectivity index (χ4n) is 15.4. The van der Waals surface area contributed by atoms with Gasteiger partial charge in [0.2, 0.25) is 0 Å². The zero-order valence-electron chi connectivity index (χ0n) is 45.0. The Balaban J connectivity index is 0.973. The standard InChI is InChI=1S/C53H90O23/c1-22(23-15-16-51(6)30-12-10-24-25(53(30,8)31(57)17-52(23,51)7)11-14-32(49(24,2)3)74-46-42(66)39(63)35(59)27(19-55)71-46)9-13-33(50(4,5)68)75-48-44(76-47-43(67)40(64)36(60)28(20-56)72-47)37(61)29(21-69-48)73-45-41(65)38(62)34(58)26(18-54)70-45/h10,22-23,25-48,54-68H,9,11-21H2,1-8H3/t22-,23?,25?,26+,27-,28?,29-,30?,31-,32+,33-,34+,35-,36+,37+,38-,39+,40-,41+,42-,43+,44-,45-,46+,47-,48+,51+,52-,53+/m1/s1. The van der Waals surface area contributed by atoms with Gasteiger partial charge in [0.15, 0.2) is 25.2 Å². The lowest BCUT2D eigenvalue weighted by Gasteiger charge is -2.67. The molecule has 23 heteroatoms. The van der Waals surface area contributed by atoms with Gasteiger partial charge in [0.1, 0.15) is 91.6 Å². The number of aliphatic hydroxyl groups is 15. The minimum Gasteiger partial charge on any atom is -0.394 e. The average Bonchev–Trinajstić information content (AvgIpc) is 3.76. The van der Waals surface area contributed by atoms with E-state index in [1.807, 2.05) is 0 Å². The van der Waals surface area contributed by atoms with Gasteiger partial charge in [-0.1, -0.05) is 53.2 Å². The van der Waals surface area contributed by atoms with Crippen LogP contribution < -0.4 is 0 Å². The Morgan fingerprint density at radius 1 is 0.618 bits per heavy atom. The maximum Gasteiger partial charge on any atom is 0.187 e. The summed E-state index contributed by atoms with van der Waals surface area (Å²) in [5.74, 6) is 0.349. The smallest absolute Gasteiger partial charge is 0.187 e. The third kappa shape index (κ3) is 10.5. The summed E-state index contributed by atoms with van der Waals surface area (Å²) < 4.78 is 48.0. The number of rotatable bonds is 16. The van der Waals surface area contributed by atoms with Gasteiger partial charge in [0.05, 0.1) is 50.3 Å². The topological polar surface area (TPSA) is 377 Å². The van der Waals surface area contributed by atoms with Crippen molar-refractivity contribution in [1.82, 2.24) is 0 Å². The van der Waals surface area contributed by atoms with Crippen molar-refractivity contribution < 1.29 is 114 Å². The van der Waals surface area contributed by atoms with Gasteiger partial charge in [-0.3, -0.25) is 0 Å². The second-order valence-electron chi connectivity index (χ2n) is 25.4. The number of ether oxygens (including phenoxy) is 8. The van der Waals surface area contributed by atoms with E-state index in [0.29, 0.717) is 25.7 Å². The van der Waals surface area contributed by atoms with Gasteiger partial charge in [0.25, 0.3) is 0 Å². The Bertz CT molecular complexity index is 1970. The molecule has 3 saturated carbocycles. The van der Waals surface area contributed by atoms with Gasteiger partial charge in [0, 0.05) is 10.8 Å². The maximum atomic E-state index is 12.7. The Hall–Kier alpha value is -1.18. The molecule has 4 aliphatic carbocycles. The molecule has 4 aliphatic heterocycles. The lowest BCUT2D eigenvalue weighted by molar-refractivity contribution is -0.380. The van der Waals surface area contributed by atoms with Crippen LogP contribution in [0, 0.1) is 45.3 Å². The molecule has 4 saturated heterocycles. The van der Waals surface area contributed by atoms with Gasteiger partial charge < -0.3 is 114 Å². The van der Waals surface area contributed by atoms with Crippen molar-refractivity contribution in [3.05, 3.63) is 11.6 Å². The Labute approximate surface area is 444 Å². The van der Waals surface area contributed by atoms with Gasteiger partial charge in [-0.15, -0.1) is 0 Å². The van der Waals surface area contributed by atoms with Crippen molar-refractivity contribution in [3.63, 3.8) is 0 Å². The molecular formula is C53H90O23. The Morgan fingerprint density at radius 2 is 1.13 bits per heavy atom. The number of allylic oxidation sites excluding steroid dienone is 1. The van der Waals surface area contributed by atoms with Crippen molar-refractivity contribution in [3.8, 4) is 0 Å². The van der Waals surface area contributed by atoms with E-state index in [1.165, 1.54) is 5.57 Å². The molecule has 0 amide bonds. The lowest BCUT2D eigenvalue weighted by atomic mass is 9.38. The van der Waals surface area contributed by atoms with Gasteiger partial charge in [-0.25, -0.2) is 0 Å². The first-order valence-electron chi connectivity index (χ1n) is 27.5. The molecular weight excluding hydrogens is 1000 g/mol. The number of hydrogen-bond donors (Lipinski definition) is 15. The minimum atomic E-state index is -1.90. The average molecular weight is 1100 g/mol. The summed E-state index contributed by atoms with van der Waals surface area (Å²) in [6.45, 7) is 13.9. The van der Waals surface area contributed by atoms with Gasteiger partial charge in [-0.2, -0.15) is 0 Å². The molecule has 0 aromatic carbocycles. The Kier molecular flexibility index (Phi) is 18.3. The van der Waals surface area contributed by atoms with E-state index in [-0.39, 0.29) is 40.9 Å². The van der Waals surface area contributed by atoms with Crippen molar-refractivity contribution in [2.75, 3.05) is 26.4 Å². The molecule has 15 N–H and O–H groups in total. The van der Waals surface area contributed by atoms with Gasteiger partial charge in [-0.05, 0) is 99.7 Å². The van der Waals surface area contributed by atoms with Crippen molar-refractivity contribution in [2.24, 2.45) is 45.3 Å². The fourth-order valence-corrected chi connectivity index (χ4v) is 15.4. The summed E-state index contributed by atoms with van der Waals surface area (Å²) in [6.07, 6.45) is -24.8. The zero-order chi connectivity index (χ0) is 55.9. The molecule has 0 bridgehead atoms. The molecule has 23 nitrogen and oxygen atoms in total. The predicted octanol–water partition coefficient (Wildman–Crippen LogP) is -2.59. The minimum absolute atomic E-state index is 0.0250. The van der Waals surface area contributed by atoms with E-state index >= 15 is 0 Å². The molecule has 0 radical (unpaired) electrons. The summed E-state index contributed by atoms with van der Waals surface area (Å²) in [7, 11) is 0. The highest BCUT2D eigenvalue weighted by atomic mass is 16.8. The normalized spacial score (nSPS) is 51.5. The lowest BCUT2D eigenvalue weighted by Crippen LogP contribution is -2.65. The molecule has 76 heavy (non-hydrogen) atoms. The molecule has 4 heterocycles. The van der Waals surface area contributed by atoms with Crippen LogP contribution in [0.1, 0.15) is 107 Å². The largest absolute Gasteiger partial charge is 0.394 e. The van der Waals surface area contributed by atoms with Crippen molar-refractivity contribution >= 4 is 0 Å². The second kappa shape index (κ2) is 22.9. The fraction of sp³-hybridized carbons (Fsp3) is 0.962. The molecule has 4 unspecified atom stereocenters. The van der Waals surface area contributed by atoms with Crippen LogP contribution in [0.5, 0.6) is 0 Å². The van der Waals surface area contributed by atoms with Crippen LogP contribution in [0.3, 0.4) is 0 Å². The molecule has 0 aromatic heterocycles. The highest BCUT2D eigenvalue weighted by Gasteiger charge is 2.70. The molecule has 440 valence electrons. The zero-order valence-corrected chi connectivity index (χ0v) is 45.0. The van der Waals surface area contributed by atoms with Crippen LogP contribution in [0.2, 0.25) is 0 Å². The maximum absolute atomic E-state index is 12.7. The first kappa shape index (κ1) is 60.9. The predicted molar refractivity (Wildman–Crippen MR) is 262 cm³/mol. The van der Waals surface area contributed by atoms with E-state index < -0.39 is 178 Å². The summed E-state index contributed by atoms with van der Waals surface area (Å²) in [5, 5.41) is 161. The summed E-state index contributed by atoms with van der Waals surface area (Å²) in [4.78, 5) is 0. The van der Waals surface area contributed by atoms with E-state index in [4.69, 9.17) is 37.9 Å². The van der Waals surface area contributed by atoms with E-state index in [0.717, 1.165) is 19.3 Å². The van der Waals surface area contributed by atoms with Crippen LogP contribution in [0.15, 0.2) is 11.6 Å². The van der Waals surface area contributed by atoms with Crippen LogP contribution in [0.4, 0.5) is 0 Å². The second-order valence-corrected chi connectivity index (χ2v) is 25.4. The quantitative estimate of drug-likeness (QED) is 0.0705. The first-order valence-corrected chi connectivity index (χ1v) is 27.5. The summed E-state index contributed by atoms with van der Waals surface area (Å²) in [6, 6.07) is 0. The van der Waals surface area contributed by atoms with E-state index in [9.17, 15) is 76.6 Å².